The topological polar surface area (TPSA) is 17.1 Å². The third-order valence-corrected chi connectivity index (χ3v) is 2.99. The summed E-state index contributed by atoms with van der Waals surface area (Å²) in [7, 11) is 0. The van der Waals surface area contributed by atoms with E-state index < -0.39 is 0 Å². The van der Waals surface area contributed by atoms with Crippen molar-refractivity contribution in [3.05, 3.63) is 22.4 Å². The molecule has 0 saturated heterocycles. The Kier molecular flexibility index (Phi) is 5.80. The lowest BCUT2D eigenvalue weighted by atomic mass is 10.2. The van der Waals surface area contributed by atoms with Gasteiger partial charge in [0.05, 0.1) is 11.3 Å². The van der Waals surface area contributed by atoms with Gasteiger partial charge >= 0.3 is 0 Å². The monoisotopic (exact) mass is 220 g/mol. The number of hydrogen-bond acceptors (Lipinski definition) is 2. The van der Waals surface area contributed by atoms with Gasteiger partial charge in [-0.2, -0.15) is 0 Å². The van der Waals surface area contributed by atoms with Crippen LogP contribution >= 0.6 is 11.3 Å². The number of unbranched alkanes of at least 4 members (excludes halogenated alkanes) is 3. The molecule has 0 radical (unpaired) electrons. The maximum absolute atomic E-state index is 11.5. The van der Waals surface area contributed by atoms with E-state index in [1.165, 1.54) is 24.2 Å². The van der Waals surface area contributed by atoms with E-state index in [9.17, 15) is 4.79 Å². The molecule has 0 spiro atoms. The molecule has 0 saturated carbocycles. The van der Waals surface area contributed by atoms with Crippen LogP contribution in [-0.2, 0) is 0 Å². The van der Waals surface area contributed by atoms with Crippen molar-refractivity contribution in [2.24, 2.45) is 0 Å². The van der Waals surface area contributed by atoms with Crippen molar-refractivity contribution in [3.8, 4) is 11.8 Å². The highest BCUT2D eigenvalue weighted by Crippen LogP contribution is 2.10. The van der Waals surface area contributed by atoms with Gasteiger partial charge in [0.25, 0.3) is 0 Å². The number of carbonyl (C=O) groups is 1. The Labute approximate surface area is 95.5 Å². The molecule has 0 fully saturated rings. The molecule has 2 heteroatoms. The van der Waals surface area contributed by atoms with Crippen LogP contribution in [0, 0.1) is 11.8 Å². The number of rotatable bonds is 5. The number of thiophene rings is 1. The van der Waals surface area contributed by atoms with Gasteiger partial charge in [-0.15, -0.1) is 17.3 Å². The average Bonchev–Trinajstić information content (AvgIpc) is 2.76. The van der Waals surface area contributed by atoms with E-state index in [0.29, 0.717) is 6.42 Å². The van der Waals surface area contributed by atoms with Gasteiger partial charge < -0.3 is 0 Å². The van der Waals surface area contributed by atoms with Gasteiger partial charge in [-0.05, 0) is 17.9 Å². The van der Waals surface area contributed by atoms with E-state index >= 15 is 0 Å². The Morgan fingerprint density at radius 2 is 2.27 bits per heavy atom. The van der Waals surface area contributed by atoms with Crippen LogP contribution in [0.1, 0.15) is 48.7 Å². The second-order valence-electron chi connectivity index (χ2n) is 3.39. The summed E-state index contributed by atoms with van der Waals surface area (Å²) in [6, 6.07) is 3.75. The Bertz CT molecular complexity index is 340. The molecule has 0 N–H and O–H groups in total. The molecule has 0 aromatic carbocycles. The minimum absolute atomic E-state index is 0.146. The second kappa shape index (κ2) is 7.25. The Hall–Kier alpha value is -1.07. The quantitative estimate of drug-likeness (QED) is 0.418. The third kappa shape index (κ3) is 4.80. The van der Waals surface area contributed by atoms with Crippen molar-refractivity contribution in [1.82, 2.24) is 0 Å². The van der Waals surface area contributed by atoms with Gasteiger partial charge in [-0.1, -0.05) is 31.8 Å². The molecule has 1 heterocycles. The summed E-state index contributed by atoms with van der Waals surface area (Å²) in [4.78, 5) is 12.3. The van der Waals surface area contributed by atoms with Crippen molar-refractivity contribution in [3.63, 3.8) is 0 Å². The normalized spacial score (nSPS) is 9.40. The molecule has 0 aliphatic heterocycles. The molecule has 0 atom stereocenters. The summed E-state index contributed by atoms with van der Waals surface area (Å²) >= 11 is 1.49. The van der Waals surface area contributed by atoms with E-state index in [0.717, 1.165) is 17.7 Å². The van der Waals surface area contributed by atoms with Gasteiger partial charge in [0.2, 0.25) is 0 Å². The number of carbonyl (C=O) groups excluding carboxylic acids is 1. The summed E-state index contributed by atoms with van der Waals surface area (Å²) in [5, 5.41) is 1.92. The maximum Gasteiger partial charge on any atom is 0.184 e. The van der Waals surface area contributed by atoms with Crippen LogP contribution in [0.4, 0.5) is 0 Å². The van der Waals surface area contributed by atoms with E-state index in [2.05, 4.69) is 18.8 Å². The van der Waals surface area contributed by atoms with Gasteiger partial charge in [-0.3, -0.25) is 4.79 Å². The van der Waals surface area contributed by atoms with Crippen molar-refractivity contribution in [2.75, 3.05) is 0 Å². The van der Waals surface area contributed by atoms with Crippen LogP contribution < -0.4 is 0 Å². The lowest BCUT2D eigenvalue weighted by Crippen LogP contribution is -1.92. The highest BCUT2D eigenvalue weighted by molar-refractivity contribution is 7.12. The Morgan fingerprint density at radius 3 is 2.93 bits per heavy atom. The fraction of sp³-hybridized carbons (Fsp3) is 0.462. The van der Waals surface area contributed by atoms with E-state index in [1.54, 1.807) is 0 Å². The van der Waals surface area contributed by atoms with Gasteiger partial charge in [-0.25, -0.2) is 0 Å². The minimum atomic E-state index is 0.146. The summed E-state index contributed by atoms with van der Waals surface area (Å²) < 4.78 is 0. The largest absolute Gasteiger partial charge is 0.292 e. The molecule has 0 aliphatic rings. The van der Waals surface area contributed by atoms with Gasteiger partial charge in [0.1, 0.15) is 0 Å². The molecule has 0 aliphatic carbocycles. The maximum atomic E-state index is 11.5. The first kappa shape index (κ1) is 12.0. The highest BCUT2D eigenvalue weighted by atomic mass is 32.1. The van der Waals surface area contributed by atoms with Crippen LogP contribution in [0.2, 0.25) is 0 Å². The molecule has 0 amide bonds. The lowest BCUT2D eigenvalue weighted by Gasteiger charge is -1.90. The van der Waals surface area contributed by atoms with Crippen molar-refractivity contribution in [2.45, 2.75) is 39.0 Å². The molecule has 1 aromatic rings. The predicted octanol–water partition coefficient (Wildman–Crippen LogP) is 3.90. The molecular formula is C13H16OS. The Morgan fingerprint density at radius 1 is 1.40 bits per heavy atom. The van der Waals surface area contributed by atoms with Gasteiger partial charge in [0, 0.05) is 6.42 Å². The minimum Gasteiger partial charge on any atom is -0.292 e. The third-order valence-electron chi connectivity index (χ3n) is 2.08. The zero-order valence-electron chi connectivity index (χ0n) is 9.08. The van der Waals surface area contributed by atoms with Crippen LogP contribution in [-0.4, -0.2) is 5.78 Å². The molecule has 0 bridgehead atoms. The van der Waals surface area contributed by atoms with Crippen LogP contribution in [0.15, 0.2) is 17.5 Å². The molecule has 1 nitrogen and oxygen atoms in total. The zero-order chi connectivity index (χ0) is 10.9. The first-order valence-electron chi connectivity index (χ1n) is 5.37. The van der Waals surface area contributed by atoms with Crippen LogP contribution in [0.3, 0.4) is 0 Å². The summed E-state index contributed by atoms with van der Waals surface area (Å²) in [6.07, 6.45) is 4.89. The highest BCUT2D eigenvalue weighted by Gasteiger charge is 2.03. The summed E-state index contributed by atoms with van der Waals surface area (Å²) in [5.74, 6) is 6.13. The first-order chi connectivity index (χ1) is 7.34. The molecule has 1 rings (SSSR count). The smallest absolute Gasteiger partial charge is 0.184 e. The van der Waals surface area contributed by atoms with Crippen LogP contribution in [0.5, 0.6) is 0 Å². The molecule has 1 aromatic heterocycles. The zero-order valence-corrected chi connectivity index (χ0v) is 9.90. The lowest BCUT2D eigenvalue weighted by molar-refractivity contribution is 0.100. The second-order valence-corrected chi connectivity index (χ2v) is 4.34. The predicted molar refractivity (Wildman–Crippen MR) is 65.2 cm³/mol. The summed E-state index contributed by atoms with van der Waals surface area (Å²) in [5.41, 5.74) is 0. The number of ketones is 1. The van der Waals surface area contributed by atoms with E-state index in [-0.39, 0.29) is 5.78 Å². The molecule has 0 unspecified atom stereocenters. The van der Waals surface area contributed by atoms with Crippen molar-refractivity contribution < 1.29 is 4.79 Å². The Balaban J connectivity index is 2.22. The number of hydrogen-bond donors (Lipinski definition) is 0. The summed E-state index contributed by atoms with van der Waals surface area (Å²) in [6.45, 7) is 2.17. The molecular weight excluding hydrogens is 204 g/mol. The molecule has 80 valence electrons. The van der Waals surface area contributed by atoms with Crippen molar-refractivity contribution in [1.29, 1.82) is 0 Å². The van der Waals surface area contributed by atoms with E-state index in [1.807, 2.05) is 17.5 Å². The van der Waals surface area contributed by atoms with E-state index in [4.69, 9.17) is 0 Å². The average molecular weight is 220 g/mol. The standard InChI is InChI=1S/C13H16OS/c1-2-3-4-5-6-7-9-12(14)13-10-8-11-15-13/h8,10-11H,2-5,9H2,1H3. The first-order valence-corrected chi connectivity index (χ1v) is 6.25. The van der Waals surface area contributed by atoms with Crippen molar-refractivity contribution >= 4 is 17.1 Å². The van der Waals surface area contributed by atoms with Gasteiger partial charge in [0.15, 0.2) is 5.78 Å². The van der Waals surface area contributed by atoms with Crippen LogP contribution in [0.25, 0.3) is 0 Å². The number of Topliss-reactive ketones (excluding diaryl/α,β-unsaturated/α-hetero) is 1. The SMILES string of the molecule is CCCCCC#CCC(=O)c1cccs1. The molecule has 15 heavy (non-hydrogen) atoms. The fourth-order valence-corrected chi connectivity index (χ4v) is 1.88. The fourth-order valence-electron chi connectivity index (χ4n) is 1.22.